The molecule has 8 heteroatoms. The first-order valence-electron chi connectivity index (χ1n) is 7.34. The van der Waals surface area contributed by atoms with E-state index in [2.05, 4.69) is 21.2 Å². The summed E-state index contributed by atoms with van der Waals surface area (Å²) in [5, 5.41) is 12.3. The van der Waals surface area contributed by atoms with Gasteiger partial charge in [0, 0.05) is 11.0 Å². The number of nitrogens with one attached hydrogen (secondary N) is 1. The van der Waals surface area contributed by atoms with Crippen molar-refractivity contribution in [3.05, 3.63) is 52.0 Å². The molecule has 2 aromatic carbocycles. The van der Waals surface area contributed by atoms with Crippen molar-refractivity contribution in [1.29, 1.82) is 0 Å². The topological polar surface area (TPSA) is 94.1 Å². The van der Waals surface area contributed by atoms with Gasteiger partial charge in [-0.2, -0.15) is 0 Å². The number of amides is 1. The molecule has 1 aliphatic rings. The molecule has 0 unspecified atom stereocenters. The SMILES string of the molecule is O=C(COC(=O)c1cc(Br)ccc1O)NCc1ccc2c(c1)OCO2. The van der Waals surface area contributed by atoms with E-state index >= 15 is 0 Å². The van der Waals surface area contributed by atoms with E-state index in [1.807, 2.05) is 0 Å². The van der Waals surface area contributed by atoms with Gasteiger partial charge in [0.2, 0.25) is 6.79 Å². The number of benzene rings is 2. The number of hydrogen-bond acceptors (Lipinski definition) is 6. The Balaban J connectivity index is 1.49. The fraction of sp³-hybridized carbons (Fsp3) is 0.176. The first-order chi connectivity index (χ1) is 12.0. The zero-order valence-electron chi connectivity index (χ0n) is 13.0. The highest BCUT2D eigenvalue weighted by molar-refractivity contribution is 9.10. The number of halogens is 1. The molecular formula is C17H14BrNO6. The molecule has 25 heavy (non-hydrogen) atoms. The molecule has 3 rings (SSSR count). The van der Waals surface area contributed by atoms with Gasteiger partial charge < -0.3 is 24.6 Å². The number of hydrogen-bond donors (Lipinski definition) is 2. The summed E-state index contributed by atoms with van der Waals surface area (Å²) in [4.78, 5) is 23.7. The predicted molar refractivity (Wildman–Crippen MR) is 90.5 cm³/mol. The Labute approximate surface area is 151 Å². The predicted octanol–water partition coefficient (Wildman–Crippen LogP) is 2.36. The van der Waals surface area contributed by atoms with E-state index in [9.17, 15) is 14.7 Å². The van der Waals surface area contributed by atoms with E-state index in [1.54, 1.807) is 24.3 Å². The second-order valence-electron chi connectivity index (χ2n) is 5.20. The first kappa shape index (κ1) is 17.1. The number of aromatic hydroxyl groups is 1. The summed E-state index contributed by atoms with van der Waals surface area (Å²) in [6.45, 7) is -0.00591. The molecule has 7 nitrogen and oxygen atoms in total. The molecule has 1 heterocycles. The van der Waals surface area contributed by atoms with Crippen LogP contribution in [0.4, 0.5) is 0 Å². The summed E-state index contributed by atoms with van der Waals surface area (Å²) in [5.41, 5.74) is 0.812. The number of carbonyl (C=O) groups is 2. The third-order valence-electron chi connectivity index (χ3n) is 3.44. The van der Waals surface area contributed by atoms with Crippen LogP contribution in [-0.2, 0) is 16.1 Å². The Bertz CT molecular complexity index is 823. The maximum atomic E-state index is 11.9. The Hall–Kier alpha value is -2.74. The maximum absolute atomic E-state index is 11.9. The van der Waals surface area contributed by atoms with Crippen LogP contribution >= 0.6 is 15.9 Å². The Morgan fingerprint density at radius 3 is 2.80 bits per heavy atom. The van der Waals surface area contributed by atoms with Crippen molar-refractivity contribution in [2.24, 2.45) is 0 Å². The van der Waals surface area contributed by atoms with Crippen LogP contribution in [0.2, 0.25) is 0 Å². The normalized spacial score (nSPS) is 11.9. The van der Waals surface area contributed by atoms with Crippen LogP contribution in [0.1, 0.15) is 15.9 Å². The van der Waals surface area contributed by atoms with Crippen molar-refractivity contribution in [2.75, 3.05) is 13.4 Å². The molecule has 1 aliphatic heterocycles. The molecule has 2 aromatic rings. The quantitative estimate of drug-likeness (QED) is 0.738. The minimum atomic E-state index is -0.781. The molecule has 0 bridgehead atoms. The summed E-state index contributed by atoms with van der Waals surface area (Å²) in [6.07, 6.45) is 0. The standard InChI is InChI=1S/C17H14BrNO6/c18-11-2-3-13(20)12(6-11)17(22)23-8-16(21)19-7-10-1-4-14-15(5-10)25-9-24-14/h1-6,20H,7-9H2,(H,19,21). The Morgan fingerprint density at radius 2 is 1.96 bits per heavy atom. The second-order valence-corrected chi connectivity index (χ2v) is 6.12. The average molecular weight is 408 g/mol. The lowest BCUT2D eigenvalue weighted by molar-refractivity contribution is -0.124. The van der Waals surface area contributed by atoms with Gasteiger partial charge in [0.1, 0.15) is 11.3 Å². The van der Waals surface area contributed by atoms with Gasteiger partial charge in [-0.1, -0.05) is 22.0 Å². The van der Waals surface area contributed by atoms with Gasteiger partial charge >= 0.3 is 5.97 Å². The van der Waals surface area contributed by atoms with Gasteiger partial charge in [-0.05, 0) is 35.9 Å². The lowest BCUT2D eigenvalue weighted by Crippen LogP contribution is -2.28. The second kappa shape index (κ2) is 7.43. The molecule has 0 saturated carbocycles. The molecule has 0 saturated heterocycles. The highest BCUT2D eigenvalue weighted by Crippen LogP contribution is 2.32. The van der Waals surface area contributed by atoms with Gasteiger partial charge in [0.15, 0.2) is 18.1 Å². The van der Waals surface area contributed by atoms with E-state index < -0.39 is 18.5 Å². The fourth-order valence-corrected chi connectivity index (χ4v) is 2.54. The minimum Gasteiger partial charge on any atom is -0.507 e. The van der Waals surface area contributed by atoms with E-state index in [-0.39, 0.29) is 24.7 Å². The summed E-state index contributed by atoms with van der Waals surface area (Å²) in [6, 6.07) is 9.71. The molecule has 2 N–H and O–H groups in total. The smallest absolute Gasteiger partial charge is 0.342 e. The van der Waals surface area contributed by atoms with Crippen molar-refractivity contribution in [2.45, 2.75) is 6.54 Å². The monoisotopic (exact) mass is 407 g/mol. The highest BCUT2D eigenvalue weighted by atomic mass is 79.9. The maximum Gasteiger partial charge on any atom is 0.342 e. The highest BCUT2D eigenvalue weighted by Gasteiger charge is 2.16. The summed E-state index contributed by atoms with van der Waals surface area (Å²) in [7, 11) is 0. The van der Waals surface area contributed by atoms with Gasteiger partial charge in [-0.15, -0.1) is 0 Å². The van der Waals surface area contributed by atoms with Crippen molar-refractivity contribution >= 4 is 27.8 Å². The zero-order valence-corrected chi connectivity index (χ0v) is 14.5. The van der Waals surface area contributed by atoms with Crippen LogP contribution in [0.5, 0.6) is 17.2 Å². The third-order valence-corrected chi connectivity index (χ3v) is 3.93. The van der Waals surface area contributed by atoms with Crippen molar-refractivity contribution in [1.82, 2.24) is 5.32 Å². The molecular weight excluding hydrogens is 394 g/mol. The van der Waals surface area contributed by atoms with E-state index in [0.717, 1.165) is 5.56 Å². The number of carbonyl (C=O) groups excluding carboxylic acids is 2. The number of fused-ring (bicyclic) bond motifs is 1. The molecule has 0 fully saturated rings. The first-order valence-corrected chi connectivity index (χ1v) is 8.13. The largest absolute Gasteiger partial charge is 0.507 e. The van der Waals surface area contributed by atoms with Crippen LogP contribution < -0.4 is 14.8 Å². The number of phenolic OH excluding ortho intramolecular Hbond substituents is 1. The number of phenols is 1. The van der Waals surface area contributed by atoms with Crippen LogP contribution in [0.3, 0.4) is 0 Å². The zero-order chi connectivity index (χ0) is 17.8. The van der Waals surface area contributed by atoms with Gasteiger partial charge in [0.05, 0.1) is 0 Å². The van der Waals surface area contributed by atoms with E-state index in [4.69, 9.17) is 14.2 Å². The molecule has 0 radical (unpaired) electrons. The Morgan fingerprint density at radius 1 is 1.16 bits per heavy atom. The van der Waals surface area contributed by atoms with E-state index in [0.29, 0.717) is 16.0 Å². The molecule has 0 aromatic heterocycles. The van der Waals surface area contributed by atoms with Crippen LogP contribution in [0, 0.1) is 0 Å². The lowest BCUT2D eigenvalue weighted by atomic mass is 10.2. The van der Waals surface area contributed by atoms with Crippen molar-refractivity contribution in [3.63, 3.8) is 0 Å². The lowest BCUT2D eigenvalue weighted by Gasteiger charge is -2.08. The van der Waals surface area contributed by atoms with Gasteiger partial charge in [-0.25, -0.2) is 4.79 Å². The van der Waals surface area contributed by atoms with Crippen LogP contribution in [-0.4, -0.2) is 30.4 Å². The third kappa shape index (κ3) is 4.21. The van der Waals surface area contributed by atoms with Crippen LogP contribution in [0.15, 0.2) is 40.9 Å². The molecule has 1 amide bonds. The summed E-state index contributed by atoms with van der Waals surface area (Å²) >= 11 is 3.20. The Kier molecular flexibility index (Phi) is 5.08. The number of ether oxygens (including phenoxy) is 3. The number of rotatable bonds is 5. The van der Waals surface area contributed by atoms with Gasteiger partial charge in [0.25, 0.3) is 5.91 Å². The number of esters is 1. The van der Waals surface area contributed by atoms with E-state index in [1.165, 1.54) is 12.1 Å². The van der Waals surface area contributed by atoms with Crippen molar-refractivity contribution < 1.29 is 28.9 Å². The molecule has 0 spiro atoms. The average Bonchev–Trinajstić information content (AvgIpc) is 3.07. The fourth-order valence-electron chi connectivity index (χ4n) is 2.18. The summed E-state index contributed by atoms with van der Waals surface area (Å²) < 4.78 is 16.0. The molecule has 0 atom stereocenters. The minimum absolute atomic E-state index is 0.0158. The summed E-state index contributed by atoms with van der Waals surface area (Å²) in [5.74, 6) is -0.160. The molecule has 0 aliphatic carbocycles. The van der Waals surface area contributed by atoms with Crippen LogP contribution in [0.25, 0.3) is 0 Å². The van der Waals surface area contributed by atoms with Gasteiger partial charge in [-0.3, -0.25) is 4.79 Å². The molecule has 130 valence electrons. The van der Waals surface area contributed by atoms with Crippen molar-refractivity contribution in [3.8, 4) is 17.2 Å².